The van der Waals surface area contributed by atoms with E-state index in [0.29, 0.717) is 12.6 Å². The maximum absolute atomic E-state index is 6.05. The molecule has 1 unspecified atom stereocenters. The van der Waals surface area contributed by atoms with Gasteiger partial charge in [0.25, 0.3) is 0 Å². The third kappa shape index (κ3) is 3.96. The van der Waals surface area contributed by atoms with E-state index in [1.54, 1.807) is 0 Å². The Morgan fingerprint density at radius 1 is 1.19 bits per heavy atom. The van der Waals surface area contributed by atoms with E-state index < -0.39 is 0 Å². The van der Waals surface area contributed by atoms with E-state index in [2.05, 4.69) is 61.1 Å². The molecule has 118 valence electrons. The van der Waals surface area contributed by atoms with Gasteiger partial charge in [-0.3, -0.25) is 4.90 Å². The Hall–Kier alpha value is -1.10. The Bertz CT molecular complexity index is 456. The second kappa shape index (κ2) is 7.25. The molecule has 1 heterocycles. The summed E-state index contributed by atoms with van der Waals surface area (Å²) in [5, 5.41) is 0. The van der Waals surface area contributed by atoms with Gasteiger partial charge in [0, 0.05) is 38.9 Å². The van der Waals surface area contributed by atoms with E-state index in [-0.39, 0.29) is 0 Å². The molecule has 1 aliphatic rings. The van der Waals surface area contributed by atoms with Crippen molar-refractivity contribution < 1.29 is 0 Å². The molecule has 0 aromatic heterocycles. The van der Waals surface area contributed by atoms with Gasteiger partial charge in [-0.25, -0.2) is 0 Å². The molecule has 4 nitrogen and oxygen atoms in total. The van der Waals surface area contributed by atoms with Crippen LogP contribution in [0.1, 0.15) is 30.0 Å². The minimum absolute atomic E-state index is 0.388. The van der Waals surface area contributed by atoms with Crippen molar-refractivity contribution in [2.45, 2.75) is 25.4 Å². The number of anilines is 1. The van der Waals surface area contributed by atoms with Crippen molar-refractivity contribution in [1.82, 2.24) is 9.80 Å². The minimum Gasteiger partial charge on any atom is -0.378 e. The van der Waals surface area contributed by atoms with Crippen LogP contribution in [-0.4, -0.2) is 57.6 Å². The van der Waals surface area contributed by atoms with E-state index in [1.807, 2.05) is 0 Å². The van der Waals surface area contributed by atoms with E-state index in [1.165, 1.54) is 36.2 Å². The first-order valence-electron chi connectivity index (χ1n) is 7.92. The number of nitrogens with two attached hydrogens (primary N) is 1. The number of benzene rings is 1. The predicted octanol–water partition coefficient (Wildman–Crippen LogP) is 1.91. The molecule has 0 saturated heterocycles. The van der Waals surface area contributed by atoms with Crippen LogP contribution < -0.4 is 10.6 Å². The average Bonchev–Trinajstić information content (AvgIpc) is 2.79. The van der Waals surface area contributed by atoms with Gasteiger partial charge in [0.1, 0.15) is 0 Å². The quantitative estimate of drug-likeness (QED) is 0.778. The molecule has 2 N–H and O–H groups in total. The van der Waals surface area contributed by atoms with Crippen LogP contribution in [0.4, 0.5) is 5.69 Å². The van der Waals surface area contributed by atoms with Crippen LogP contribution in [0.25, 0.3) is 0 Å². The molecule has 1 aromatic carbocycles. The highest BCUT2D eigenvalue weighted by atomic mass is 15.2. The third-order valence-electron chi connectivity index (χ3n) is 4.34. The van der Waals surface area contributed by atoms with Gasteiger partial charge in [0.05, 0.1) is 0 Å². The Kier molecular flexibility index (Phi) is 5.62. The van der Waals surface area contributed by atoms with Gasteiger partial charge in [0.15, 0.2) is 0 Å². The molecule has 1 aromatic rings. The largest absolute Gasteiger partial charge is 0.378 e. The average molecular weight is 290 g/mol. The second-order valence-electron chi connectivity index (χ2n) is 6.51. The Morgan fingerprint density at radius 3 is 2.57 bits per heavy atom. The molecule has 0 saturated carbocycles. The van der Waals surface area contributed by atoms with Crippen molar-refractivity contribution in [3.8, 4) is 0 Å². The van der Waals surface area contributed by atoms with Crippen LogP contribution in [0.15, 0.2) is 18.2 Å². The van der Waals surface area contributed by atoms with Gasteiger partial charge in [-0.2, -0.15) is 0 Å². The molecule has 0 bridgehead atoms. The summed E-state index contributed by atoms with van der Waals surface area (Å²) in [5.74, 6) is 0. The highest BCUT2D eigenvalue weighted by Crippen LogP contribution is 2.35. The van der Waals surface area contributed by atoms with Crippen molar-refractivity contribution in [3.63, 3.8) is 0 Å². The number of hydrogen-bond donors (Lipinski definition) is 1. The van der Waals surface area contributed by atoms with E-state index >= 15 is 0 Å². The zero-order chi connectivity index (χ0) is 15.4. The molecule has 0 radical (unpaired) electrons. The lowest BCUT2D eigenvalue weighted by Gasteiger charge is -2.24. The van der Waals surface area contributed by atoms with Crippen LogP contribution in [0.5, 0.6) is 0 Å². The van der Waals surface area contributed by atoms with Crippen LogP contribution in [0, 0.1) is 0 Å². The molecule has 0 aliphatic carbocycles. The first kappa shape index (κ1) is 16.3. The highest BCUT2D eigenvalue weighted by Gasteiger charge is 2.28. The van der Waals surface area contributed by atoms with Crippen molar-refractivity contribution in [2.24, 2.45) is 5.73 Å². The van der Waals surface area contributed by atoms with E-state index in [0.717, 1.165) is 13.1 Å². The van der Waals surface area contributed by atoms with Crippen molar-refractivity contribution in [1.29, 1.82) is 0 Å². The van der Waals surface area contributed by atoms with Crippen LogP contribution in [0.2, 0.25) is 0 Å². The fourth-order valence-electron chi connectivity index (χ4n) is 3.09. The van der Waals surface area contributed by atoms with E-state index in [9.17, 15) is 0 Å². The highest BCUT2D eigenvalue weighted by molar-refractivity contribution is 5.52. The van der Waals surface area contributed by atoms with Crippen molar-refractivity contribution in [2.75, 3.05) is 52.7 Å². The fourth-order valence-corrected chi connectivity index (χ4v) is 3.09. The molecular formula is C17H30N4. The lowest BCUT2D eigenvalue weighted by molar-refractivity contribution is 0.212. The maximum Gasteiger partial charge on any atom is 0.0477 e. The van der Waals surface area contributed by atoms with Crippen LogP contribution in [-0.2, 0) is 6.54 Å². The Labute approximate surface area is 129 Å². The normalized spacial score (nSPS) is 18.3. The van der Waals surface area contributed by atoms with Gasteiger partial charge in [-0.15, -0.1) is 0 Å². The maximum atomic E-state index is 6.05. The number of hydrogen-bond acceptors (Lipinski definition) is 4. The topological polar surface area (TPSA) is 35.7 Å². The summed E-state index contributed by atoms with van der Waals surface area (Å²) >= 11 is 0. The second-order valence-corrected chi connectivity index (χ2v) is 6.51. The Balaban J connectivity index is 2.00. The van der Waals surface area contributed by atoms with Gasteiger partial charge < -0.3 is 15.5 Å². The monoisotopic (exact) mass is 290 g/mol. The Morgan fingerprint density at radius 2 is 1.95 bits per heavy atom. The predicted molar refractivity (Wildman–Crippen MR) is 90.8 cm³/mol. The number of fused-ring (bicyclic) bond motifs is 1. The molecule has 1 atom stereocenters. The van der Waals surface area contributed by atoms with Gasteiger partial charge >= 0.3 is 0 Å². The summed E-state index contributed by atoms with van der Waals surface area (Å²) in [6.07, 6.45) is 2.49. The van der Waals surface area contributed by atoms with Crippen molar-refractivity contribution >= 4 is 5.69 Å². The zero-order valence-electron chi connectivity index (χ0n) is 14.0. The summed E-state index contributed by atoms with van der Waals surface area (Å²) < 4.78 is 0. The van der Waals surface area contributed by atoms with Gasteiger partial charge in [-0.05, 0) is 63.3 Å². The zero-order valence-corrected chi connectivity index (χ0v) is 14.0. The van der Waals surface area contributed by atoms with Crippen LogP contribution in [0.3, 0.4) is 0 Å². The molecule has 4 heteroatoms. The molecular weight excluding hydrogens is 260 g/mol. The van der Waals surface area contributed by atoms with Crippen molar-refractivity contribution in [3.05, 3.63) is 29.3 Å². The standard InChI is InChI=1S/C17H30N4/c1-19(2)9-5-6-10-21-13-14-7-8-15(20(3)4)11-16(14)17(21)12-18/h7-8,11,17H,5-6,9-10,12-13,18H2,1-4H3. The molecule has 21 heavy (non-hydrogen) atoms. The van der Waals surface area contributed by atoms with E-state index in [4.69, 9.17) is 5.73 Å². The third-order valence-corrected chi connectivity index (χ3v) is 4.34. The molecule has 2 rings (SSSR count). The summed E-state index contributed by atoms with van der Waals surface area (Å²) in [4.78, 5) is 6.95. The smallest absolute Gasteiger partial charge is 0.0477 e. The summed E-state index contributed by atoms with van der Waals surface area (Å²) in [7, 11) is 8.45. The summed E-state index contributed by atoms with van der Waals surface area (Å²) in [5.41, 5.74) is 10.2. The number of nitrogens with zero attached hydrogens (tertiary/aromatic N) is 3. The lowest BCUT2D eigenvalue weighted by Crippen LogP contribution is -2.29. The molecule has 0 amide bonds. The summed E-state index contributed by atoms with van der Waals surface area (Å²) in [6.45, 7) is 4.06. The number of unbranched alkanes of at least 4 members (excludes halogenated alkanes) is 1. The molecule has 1 aliphatic heterocycles. The molecule has 0 spiro atoms. The van der Waals surface area contributed by atoms with Gasteiger partial charge in [0.2, 0.25) is 0 Å². The first-order valence-corrected chi connectivity index (χ1v) is 7.92. The van der Waals surface area contributed by atoms with Gasteiger partial charge in [-0.1, -0.05) is 6.07 Å². The fraction of sp³-hybridized carbons (Fsp3) is 0.647. The molecule has 0 fully saturated rings. The first-order chi connectivity index (χ1) is 10.0. The minimum atomic E-state index is 0.388. The SMILES string of the molecule is CN(C)CCCCN1Cc2ccc(N(C)C)cc2C1CN. The van der Waals surface area contributed by atoms with Crippen LogP contribution >= 0.6 is 0 Å². The summed E-state index contributed by atoms with van der Waals surface area (Å²) in [6, 6.07) is 7.18. The lowest BCUT2D eigenvalue weighted by atomic mass is 10.0. The number of rotatable bonds is 7.